The standard InChI is InChI=1S/C20H21N5O.3C2HF3O2/c1-2-6-16(7-3-1)23-19-9-11-22-20(24-19)18-15-26-13-12-25(18)14-17-8-4-5-10-21-17;3*3-2(4,5)1(6)7/h1-11,18H,12-15H2,(H,22,23,24);3*(H,6,7). The van der Waals surface area contributed by atoms with E-state index >= 15 is 0 Å². The first kappa shape index (κ1) is 40.0. The number of hydrogen-bond acceptors (Lipinski definition) is 9. The average molecular weight is 689 g/mol. The number of ether oxygens (including phenoxy) is 1. The summed E-state index contributed by atoms with van der Waals surface area (Å²) in [6.45, 7) is 2.89. The molecule has 1 aliphatic heterocycles. The summed E-state index contributed by atoms with van der Waals surface area (Å²) < 4.78 is 101. The Morgan fingerprint density at radius 3 is 1.74 bits per heavy atom. The zero-order chi connectivity index (χ0) is 35.8. The lowest BCUT2D eigenvalue weighted by Gasteiger charge is -2.34. The van der Waals surface area contributed by atoms with Gasteiger partial charge >= 0.3 is 36.4 Å². The van der Waals surface area contributed by atoms with E-state index in [0.717, 1.165) is 36.1 Å². The zero-order valence-corrected chi connectivity index (χ0v) is 23.4. The monoisotopic (exact) mass is 689 g/mol. The molecular formula is C26H24F9N5O7. The Bertz CT molecular complexity index is 1350. The molecule has 0 radical (unpaired) electrons. The third kappa shape index (κ3) is 16.2. The first-order chi connectivity index (χ1) is 21.7. The van der Waals surface area contributed by atoms with Gasteiger partial charge in [0, 0.05) is 31.2 Å². The number of nitrogens with zero attached hydrogens (tertiary/aromatic N) is 4. The van der Waals surface area contributed by atoms with E-state index in [1.165, 1.54) is 0 Å². The number of halogens is 9. The van der Waals surface area contributed by atoms with Gasteiger partial charge in [-0.3, -0.25) is 9.88 Å². The van der Waals surface area contributed by atoms with Crippen LogP contribution in [0.15, 0.2) is 67.0 Å². The molecule has 1 aromatic carbocycles. The number of nitrogens with one attached hydrogen (secondary N) is 1. The minimum atomic E-state index is -5.08. The molecule has 1 saturated heterocycles. The van der Waals surface area contributed by atoms with E-state index in [1.54, 1.807) is 6.20 Å². The van der Waals surface area contributed by atoms with Crippen LogP contribution in [0.4, 0.5) is 51.0 Å². The summed E-state index contributed by atoms with van der Waals surface area (Å²) in [7, 11) is 0. The van der Waals surface area contributed by atoms with Gasteiger partial charge in [0.05, 0.1) is 24.9 Å². The summed E-state index contributed by atoms with van der Waals surface area (Å²) in [5, 5.41) is 24.7. The molecule has 1 unspecified atom stereocenters. The van der Waals surface area contributed by atoms with Crippen molar-refractivity contribution in [2.24, 2.45) is 0 Å². The molecule has 3 aromatic rings. The molecule has 47 heavy (non-hydrogen) atoms. The second-order valence-corrected chi connectivity index (χ2v) is 8.58. The average Bonchev–Trinajstić information content (AvgIpc) is 2.98. The number of carboxylic acids is 3. The maximum absolute atomic E-state index is 10.6. The van der Waals surface area contributed by atoms with Crippen molar-refractivity contribution in [3.63, 3.8) is 0 Å². The number of morpholine rings is 1. The summed E-state index contributed by atoms with van der Waals surface area (Å²) >= 11 is 0. The molecule has 12 nitrogen and oxygen atoms in total. The minimum Gasteiger partial charge on any atom is -0.475 e. The first-order valence-corrected chi connectivity index (χ1v) is 12.5. The largest absolute Gasteiger partial charge is 0.490 e. The number of aromatic nitrogens is 3. The van der Waals surface area contributed by atoms with E-state index in [-0.39, 0.29) is 6.04 Å². The van der Waals surface area contributed by atoms with Crippen LogP contribution in [0.1, 0.15) is 17.6 Å². The third-order valence-corrected chi connectivity index (χ3v) is 5.08. The SMILES string of the molecule is O=C(O)C(F)(F)F.O=C(O)C(F)(F)F.O=C(O)C(F)(F)F.c1ccc(Nc2ccnc(C3COCCN3Cc3ccccn3)n2)cc1. The zero-order valence-electron chi connectivity index (χ0n) is 23.4. The number of pyridine rings is 1. The van der Waals surface area contributed by atoms with E-state index in [9.17, 15) is 39.5 Å². The molecule has 0 aliphatic carbocycles. The van der Waals surface area contributed by atoms with E-state index in [1.807, 2.05) is 60.8 Å². The maximum Gasteiger partial charge on any atom is 0.490 e. The predicted octanol–water partition coefficient (Wildman–Crippen LogP) is 5.09. The van der Waals surface area contributed by atoms with Crippen molar-refractivity contribution in [2.45, 2.75) is 31.1 Å². The lowest BCUT2D eigenvalue weighted by atomic mass is 10.2. The molecule has 0 spiro atoms. The fourth-order valence-electron chi connectivity index (χ4n) is 3.04. The van der Waals surface area contributed by atoms with Crippen LogP contribution in [-0.2, 0) is 25.7 Å². The number of hydrogen-bond donors (Lipinski definition) is 4. The molecule has 4 N–H and O–H groups in total. The van der Waals surface area contributed by atoms with Gasteiger partial charge in [-0.2, -0.15) is 39.5 Å². The van der Waals surface area contributed by atoms with E-state index in [0.29, 0.717) is 13.2 Å². The second kappa shape index (κ2) is 18.2. The normalized spacial score (nSPS) is 14.9. The number of carbonyl (C=O) groups is 3. The van der Waals surface area contributed by atoms with Crippen LogP contribution in [0.3, 0.4) is 0 Å². The van der Waals surface area contributed by atoms with E-state index in [4.69, 9.17) is 39.4 Å². The highest BCUT2D eigenvalue weighted by atomic mass is 19.4. The number of anilines is 2. The molecule has 2 aromatic heterocycles. The van der Waals surface area contributed by atoms with Gasteiger partial charge in [0.2, 0.25) is 0 Å². The second-order valence-electron chi connectivity index (χ2n) is 8.58. The van der Waals surface area contributed by atoms with Gasteiger partial charge in [0.15, 0.2) is 0 Å². The van der Waals surface area contributed by atoms with Crippen LogP contribution in [-0.4, -0.2) is 91.4 Å². The van der Waals surface area contributed by atoms with Gasteiger partial charge < -0.3 is 25.4 Å². The highest BCUT2D eigenvalue weighted by Gasteiger charge is 2.39. The van der Waals surface area contributed by atoms with Crippen molar-refractivity contribution in [3.05, 3.63) is 78.5 Å². The van der Waals surface area contributed by atoms with Gasteiger partial charge in [0.1, 0.15) is 11.6 Å². The van der Waals surface area contributed by atoms with Gasteiger partial charge in [-0.25, -0.2) is 24.4 Å². The molecule has 1 fully saturated rings. The summed E-state index contributed by atoms with van der Waals surface area (Å²) in [6, 6.07) is 17.9. The van der Waals surface area contributed by atoms with Crippen LogP contribution < -0.4 is 5.32 Å². The highest BCUT2D eigenvalue weighted by Crippen LogP contribution is 2.24. The number of alkyl halides is 9. The van der Waals surface area contributed by atoms with Crippen LogP contribution in [0.25, 0.3) is 0 Å². The predicted molar refractivity (Wildman–Crippen MR) is 141 cm³/mol. The van der Waals surface area contributed by atoms with Crippen LogP contribution >= 0.6 is 0 Å². The number of rotatable bonds is 5. The van der Waals surface area contributed by atoms with Gasteiger partial charge in [0.25, 0.3) is 0 Å². The van der Waals surface area contributed by atoms with Crippen molar-refractivity contribution in [1.29, 1.82) is 0 Å². The number of para-hydroxylation sites is 1. The topological polar surface area (TPSA) is 175 Å². The maximum atomic E-state index is 10.6. The Morgan fingerprint density at radius 2 is 1.28 bits per heavy atom. The van der Waals surface area contributed by atoms with Gasteiger partial charge in [-0.15, -0.1) is 0 Å². The molecule has 1 atom stereocenters. The highest BCUT2D eigenvalue weighted by molar-refractivity contribution is 5.73. The molecule has 0 saturated carbocycles. The first-order valence-electron chi connectivity index (χ1n) is 12.5. The lowest BCUT2D eigenvalue weighted by Crippen LogP contribution is -2.40. The van der Waals surface area contributed by atoms with Crippen molar-refractivity contribution in [3.8, 4) is 0 Å². The van der Waals surface area contributed by atoms with Crippen LogP contribution in [0.2, 0.25) is 0 Å². The molecule has 1 aliphatic rings. The van der Waals surface area contributed by atoms with Crippen molar-refractivity contribution in [2.75, 3.05) is 25.1 Å². The van der Waals surface area contributed by atoms with Crippen LogP contribution in [0.5, 0.6) is 0 Å². The Hall–Kier alpha value is -5.05. The quantitative estimate of drug-likeness (QED) is 0.262. The number of carboxylic acid groups (broad SMARTS) is 3. The van der Waals surface area contributed by atoms with Gasteiger partial charge in [-0.1, -0.05) is 24.3 Å². The molecule has 258 valence electrons. The van der Waals surface area contributed by atoms with E-state index in [2.05, 4.69) is 20.2 Å². The van der Waals surface area contributed by atoms with Gasteiger partial charge in [-0.05, 0) is 30.3 Å². The fourth-order valence-corrected chi connectivity index (χ4v) is 3.04. The number of aliphatic carboxylic acids is 3. The molecule has 0 amide bonds. The number of benzene rings is 1. The summed E-state index contributed by atoms with van der Waals surface area (Å²) in [4.78, 5) is 42.7. The molecule has 21 heteroatoms. The summed E-state index contributed by atoms with van der Waals surface area (Å²) in [5.41, 5.74) is 2.04. The van der Waals surface area contributed by atoms with Crippen molar-refractivity contribution < 1.29 is 74.0 Å². The Morgan fingerprint density at radius 1 is 0.766 bits per heavy atom. The summed E-state index contributed by atoms with van der Waals surface area (Å²) in [5.74, 6) is -6.72. The summed E-state index contributed by atoms with van der Waals surface area (Å²) in [6.07, 6.45) is -11.6. The molecular weight excluding hydrogens is 665 g/mol. The van der Waals surface area contributed by atoms with Crippen molar-refractivity contribution in [1.82, 2.24) is 19.9 Å². The Kier molecular flexibility index (Phi) is 15.5. The Balaban J connectivity index is 0.000000430. The van der Waals surface area contributed by atoms with Crippen molar-refractivity contribution >= 4 is 29.4 Å². The fraction of sp³-hybridized carbons (Fsp3) is 0.308. The van der Waals surface area contributed by atoms with Crippen LogP contribution in [0, 0.1) is 0 Å². The molecule has 4 rings (SSSR count). The smallest absolute Gasteiger partial charge is 0.475 e. The minimum absolute atomic E-state index is 0.0169. The molecule has 3 heterocycles. The third-order valence-electron chi connectivity index (χ3n) is 5.08. The Labute approximate surface area is 258 Å². The molecule has 0 bridgehead atoms. The lowest BCUT2D eigenvalue weighted by molar-refractivity contribution is -0.193. The van der Waals surface area contributed by atoms with E-state index < -0.39 is 36.4 Å².